The molecule has 7 amide bonds. The van der Waals surface area contributed by atoms with E-state index in [9.17, 15) is 33.6 Å². The van der Waals surface area contributed by atoms with Gasteiger partial charge in [-0.1, -0.05) is 30.7 Å². The van der Waals surface area contributed by atoms with Gasteiger partial charge in [0.15, 0.2) is 23.0 Å². The topological polar surface area (TPSA) is 219 Å². The average Bonchev–Trinajstić information content (AvgIpc) is 4.54. The summed E-state index contributed by atoms with van der Waals surface area (Å²) >= 11 is 0. The number of amides is 7. The predicted octanol–water partition coefficient (Wildman–Crippen LogP) is 7.91. The number of hydrogen-bond acceptors (Lipinski definition) is 14. The van der Waals surface area contributed by atoms with E-state index in [1.165, 1.54) is 31.3 Å². The van der Waals surface area contributed by atoms with E-state index in [0.717, 1.165) is 28.0 Å². The molecule has 20 heteroatoms. The Morgan fingerprint density at radius 1 is 0.598 bits per heavy atom. The number of fused-ring (bicyclic) bond motifs is 4. The highest BCUT2D eigenvalue weighted by molar-refractivity contribution is 6.13. The van der Waals surface area contributed by atoms with Gasteiger partial charge in [-0.15, -0.1) is 0 Å². The minimum Gasteiger partial charge on any atom is -0.497 e. The van der Waals surface area contributed by atoms with E-state index in [4.69, 9.17) is 33.7 Å². The minimum absolute atomic E-state index is 0.105. The standard InChI is InChI=1S/C62H64N8O12/c1-78-45-19-15-39(16-20-45)41-29-44-35-64-49-33-55(53(80-3)31-47(49)61(76)70(44)37-41)82-27-9-26-81-54-32-48-46(30-52(54)79-2)60(75)69-36-40(28-43(69)34-63-48)38-13-17-42(18-14-38)65-59(74)50-10-7-25-67(50)62(77)51-11-8-24-66(51)56(71)12-5-4-6-23-68-57(72)21-22-58(68)73/h13-22,30-37,43-44,50-51H,4-12,23-29H2,1-3H3,(H,65,74)/t43?,44-,50?,51?/m0/s1. The van der Waals surface area contributed by atoms with Crippen molar-refractivity contribution in [2.75, 3.05) is 59.5 Å². The number of ether oxygens (including phenoxy) is 5. The third-order valence-corrected chi connectivity index (χ3v) is 16.1. The Labute approximate surface area is 474 Å². The highest BCUT2D eigenvalue weighted by Gasteiger charge is 2.42. The van der Waals surface area contributed by atoms with Crippen molar-refractivity contribution in [2.45, 2.75) is 94.8 Å². The number of rotatable bonds is 20. The normalized spacial score (nSPS) is 20.5. The third kappa shape index (κ3) is 11.2. The molecule has 4 aromatic carbocycles. The van der Waals surface area contributed by atoms with Crippen LogP contribution in [0.4, 0.5) is 17.1 Å². The van der Waals surface area contributed by atoms with Crippen molar-refractivity contribution < 1.29 is 57.2 Å². The fraction of sp³-hybridized carbons (Fsp3) is 0.371. The molecule has 4 atom stereocenters. The molecule has 4 aromatic rings. The van der Waals surface area contributed by atoms with Crippen LogP contribution >= 0.6 is 0 Å². The molecule has 0 radical (unpaired) electrons. The summed E-state index contributed by atoms with van der Waals surface area (Å²) in [6.45, 7) is 1.73. The van der Waals surface area contributed by atoms with E-state index < -0.39 is 12.1 Å². The number of anilines is 1. The largest absolute Gasteiger partial charge is 0.497 e. The van der Waals surface area contributed by atoms with Crippen molar-refractivity contribution >= 4 is 82.0 Å². The van der Waals surface area contributed by atoms with Gasteiger partial charge in [0.25, 0.3) is 23.6 Å². The van der Waals surface area contributed by atoms with Gasteiger partial charge in [0.1, 0.15) is 17.8 Å². The molecule has 0 aliphatic carbocycles. The van der Waals surface area contributed by atoms with Gasteiger partial charge in [-0.2, -0.15) is 0 Å². The monoisotopic (exact) mass is 1110 g/mol. The van der Waals surface area contributed by atoms with Gasteiger partial charge >= 0.3 is 0 Å². The van der Waals surface area contributed by atoms with Gasteiger partial charge in [0.05, 0.1) is 69.1 Å². The zero-order valence-electron chi connectivity index (χ0n) is 46.0. The van der Waals surface area contributed by atoms with Crippen molar-refractivity contribution in [3.05, 3.63) is 120 Å². The molecule has 20 nitrogen and oxygen atoms in total. The van der Waals surface area contributed by atoms with E-state index >= 15 is 0 Å². The lowest BCUT2D eigenvalue weighted by atomic mass is 10.0. The molecule has 3 unspecified atom stereocenters. The number of unbranched alkanes of at least 4 members (excludes halogenated alkanes) is 2. The SMILES string of the molecule is COc1ccc(C2=CN3C(=O)c4cc(OC)c(OCCCOc5cc6c(cc5OC)C(=O)N5C=C(c7ccc(NC(=O)C8CCCN8C(=O)C8CCCN8C(=O)CCCCCN8C(=O)C=CC8=O)cc7)CC5C=N6)cc4N=C[C@@H]3C2)cc1. The lowest BCUT2D eigenvalue weighted by Crippen LogP contribution is -2.51. The second-order valence-electron chi connectivity index (χ2n) is 21.1. The molecule has 0 aromatic heterocycles. The first kappa shape index (κ1) is 54.9. The molecule has 11 rings (SSSR count). The summed E-state index contributed by atoms with van der Waals surface area (Å²) in [6.07, 6.45) is 15.9. The Balaban J connectivity index is 0.657. The summed E-state index contributed by atoms with van der Waals surface area (Å²) in [5, 5.41) is 3.00. The average molecular weight is 1110 g/mol. The Bertz CT molecular complexity index is 3350. The van der Waals surface area contributed by atoms with Gasteiger partial charge < -0.3 is 48.6 Å². The number of nitrogens with zero attached hydrogens (tertiary/aromatic N) is 7. The fourth-order valence-corrected chi connectivity index (χ4v) is 11.7. The fourth-order valence-electron chi connectivity index (χ4n) is 11.7. The minimum atomic E-state index is -0.672. The second-order valence-corrected chi connectivity index (χ2v) is 21.1. The van der Waals surface area contributed by atoms with Gasteiger partial charge in [0, 0.05) is 100 Å². The van der Waals surface area contributed by atoms with Crippen LogP contribution in [-0.4, -0.2) is 157 Å². The van der Waals surface area contributed by atoms with Crippen molar-refractivity contribution in [3.63, 3.8) is 0 Å². The molecule has 2 fully saturated rings. The Kier molecular flexibility index (Phi) is 16.0. The number of imide groups is 1. The van der Waals surface area contributed by atoms with Crippen LogP contribution in [0.2, 0.25) is 0 Å². The number of likely N-dealkylation sites (tertiary alicyclic amines) is 2. The summed E-state index contributed by atoms with van der Waals surface area (Å²) in [6, 6.07) is 20.0. The Morgan fingerprint density at radius 2 is 1.13 bits per heavy atom. The first-order chi connectivity index (χ1) is 39.9. The number of carbonyl (C=O) groups excluding carboxylic acids is 7. The van der Waals surface area contributed by atoms with Crippen LogP contribution in [0.3, 0.4) is 0 Å². The molecule has 424 valence electrons. The molecule has 7 aliphatic rings. The molecule has 82 heavy (non-hydrogen) atoms. The summed E-state index contributed by atoms with van der Waals surface area (Å²) in [7, 11) is 4.67. The number of carbonyl (C=O) groups is 7. The summed E-state index contributed by atoms with van der Waals surface area (Å²) in [4.78, 5) is 110. The molecule has 2 saturated heterocycles. The first-order valence-corrected chi connectivity index (χ1v) is 27.9. The molecular formula is C62H64N8O12. The first-order valence-electron chi connectivity index (χ1n) is 27.9. The number of nitrogens with one attached hydrogen (secondary N) is 1. The van der Waals surface area contributed by atoms with Crippen LogP contribution in [0.15, 0.2) is 107 Å². The predicted molar refractivity (Wildman–Crippen MR) is 305 cm³/mol. The van der Waals surface area contributed by atoms with Crippen LogP contribution in [0.1, 0.15) is 102 Å². The molecule has 0 saturated carbocycles. The number of aliphatic imine (C=N–C) groups is 2. The van der Waals surface area contributed by atoms with Crippen molar-refractivity contribution in [3.8, 4) is 28.7 Å². The van der Waals surface area contributed by atoms with Crippen LogP contribution in [0, 0.1) is 0 Å². The Hall–Kier alpha value is -9.07. The van der Waals surface area contributed by atoms with E-state index in [2.05, 4.69) is 5.32 Å². The quantitative estimate of drug-likeness (QED) is 0.0660. The maximum atomic E-state index is 14.2. The van der Waals surface area contributed by atoms with E-state index in [1.54, 1.807) is 63.4 Å². The molecule has 7 heterocycles. The third-order valence-electron chi connectivity index (χ3n) is 16.1. The number of benzene rings is 4. The second kappa shape index (κ2) is 23.9. The van der Waals surface area contributed by atoms with Crippen molar-refractivity contribution in [2.24, 2.45) is 9.98 Å². The smallest absolute Gasteiger partial charge is 0.260 e. The maximum Gasteiger partial charge on any atom is 0.260 e. The van der Waals surface area contributed by atoms with Gasteiger partial charge in [0.2, 0.25) is 17.7 Å². The van der Waals surface area contributed by atoms with Gasteiger partial charge in [-0.05, 0) is 97.2 Å². The van der Waals surface area contributed by atoms with E-state index in [1.807, 2.05) is 60.9 Å². The zero-order valence-corrected chi connectivity index (χ0v) is 46.0. The summed E-state index contributed by atoms with van der Waals surface area (Å²) < 4.78 is 29.0. The zero-order chi connectivity index (χ0) is 57.0. The Morgan fingerprint density at radius 3 is 1.68 bits per heavy atom. The van der Waals surface area contributed by atoms with E-state index in [0.29, 0.717) is 135 Å². The lowest BCUT2D eigenvalue weighted by molar-refractivity contribution is -0.146. The summed E-state index contributed by atoms with van der Waals surface area (Å²) in [5.74, 6) is 0.732. The molecule has 1 N–H and O–H groups in total. The van der Waals surface area contributed by atoms with Crippen molar-refractivity contribution in [1.82, 2.24) is 24.5 Å². The lowest BCUT2D eigenvalue weighted by Gasteiger charge is -2.31. The van der Waals surface area contributed by atoms with Crippen LogP contribution in [0.25, 0.3) is 11.1 Å². The van der Waals surface area contributed by atoms with Crippen LogP contribution in [0.5, 0.6) is 28.7 Å². The summed E-state index contributed by atoms with van der Waals surface area (Å²) in [5.41, 5.74) is 6.10. The van der Waals surface area contributed by atoms with Crippen molar-refractivity contribution in [1.29, 1.82) is 0 Å². The molecular weight excluding hydrogens is 1050 g/mol. The molecule has 0 bridgehead atoms. The number of hydrogen-bond donors (Lipinski definition) is 1. The van der Waals surface area contributed by atoms with Gasteiger partial charge in [-0.3, -0.25) is 48.4 Å². The molecule has 7 aliphatic heterocycles. The van der Waals surface area contributed by atoms with E-state index in [-0.39, 0.29) is 73.1 Å². The highest BCUT2D eigenvalue weighted by Crippen LogP contribution is 2.42. The van der Waals surface area contributed by atoms with Crippen LogP contribution in [-0.2, 0) is 24.0 Å². The molecule has 0 spiro atoms. The highest BCUT2D eigenvalue weighted by atomic mass is 16.5. The number of methoxy groups -OCH3 is 3. The van der Waals surface area contributed by atoms with Crippen LogP contribution < -0.4 is 29.0 Å². The van der Waals surface area contributed by atoms with Gasteiger partial charge in [-0.25, -0.2) is 0 Å². The maximum absolute atomic E-state index is 14.2.